The maximum Gasteiger partial charge on any atom is 0.244 e. The van der Waals surface area contributed by atoms with Crippen LogP contribution in [0.25, 0.3) is 27.7 Å². The number of carbonyl (C=O) groups excluding carboxylic acids is 1. The Labute approximate surface area is 235 Å². The van der Waals surface area contributed by atoms with Crippen molar-refractivity contribution in [2.45, 2.75) is 18.5 Å². The van der Waals surface area contributed by atoms with Crippen molar-refractivity contribution in [3.05, 3.63) is 54.5 Å². The number of pyridine rings is 2. The van der Waals surface area contributed by atoms with Crippen molar-refractivity contribution < 1.29 is 27.8 Å². The third-order valence-electron chi connectivity index (χ3n) is 6.83. The molecule has 3 aromatic heterocycles. The van der Waals surface area contributed by atoms with Crippen molar-refractivity contribution in [2.24, 2.45) is 0 Å². The molecule has 0 unspecified atom stereocenters. The Morgan fingerprint density at radius 3 is 2.61 bits per heavy atom. The zero-order valence-corrected chi connectivity index (χ0v) is 23.1. The van der Waals surface area contributed by atoms with Gasteiger partial charge in [0.25, 0.3) is 0 Å². The van der Waals surface area contributed by atoms with Gasteiger partial charge in [-0.25, -0.2) is 23.3 Å². The smallest absolute Gasteiger partial charge is 0.244 e. The van der Waals surface area contributed by atoms with Crippen LogP contribution in [0.3, 0.4) is 0 Å². The molecule has 13 heteroatoms. The van der Waals surface area contributed by atoms with Gasteiger partial charge < -0.3 is 29.7 Å². The van der Waals surface area contributed by atoms with Crippen LogP contribution in [-0.2, 0) is 9.53 Å². The standard InChI is InChI=1S/C28H31F2N7O4/c1-36(2)8-5-6-24(38)35-19-14-41-9-7-18(19)34-23-11-20-16(13-31-23)10-17(28-32-15-33-37(20)28)25-26(29)21(39-3)12-22(40-4)27(25)30/h5-6,10-13,15,18-19H,7-9,14H2,1-4H3,(H,31,34)(H,35,38)/b6-5+/t18-,19+/m0/s1. The summed E-state index contributed by atoms with van der Waals surface area (Å²) in [7, 11) is 6.44. The first kappa shape index (κ1) is 28.2. The van der Waals surface area contributed by atoms with Gasteiger partial charge in [0.2, 0.25) is 5.91 Å². The van der Waals surface area contributed by atoms with E-state index in [1.165, 1.54) is 31.1 Å². The number of rotatable bonds is 9. The highest BCUT2D eigenvalue weighted by molar-refractivity contribution is 5.92. The van der Waals surface area contributed by atoms with Gasteiger partial charge in [-0.1, -0.05) is 6.08 Å². The largest absolute Gasteiger partial charge is 0.494 e. The fourth-order valence-electron chi connectivity index (χ4n) is 4.80. The molecular formula is C28H31F2N7O4. The van der Waals surface area contributed by atoms with Crippen molar-refractivity contribution in [3.8, 4) is 22.6 Å². The molecule has 4 heterocycles. The number of fused-ring (bicyclic) bond motifs is 3. The van der Waals surface area contributed by atoms with Crippen LogP contribution in [0.5, 0.6) is 11.5 Å². The number of ether oxygens (including phenoxy) is 3. The molecule has 1 fully saturated rings. The maximum absolute atomic E-state index is 15.4. The molecule has 0 aliphatic carbocycles. The van der Waals surface area contributed by atoms with Crippen LogP contribution in [0.2, 0.25) is 0 Å². The van der Waals surface area contributed by atoms with Gasteiger partial charge in [-0.15, -0.1) is 0 Å². The average Bonchev–Trinajstić information content (AvgIpc) is 3.45. The highest BCUT2D eigenvalue weighted by Crippen LogP contribution is 2.40. The number of hydrogen-bond donors (Lipinski definition) is 2. The lowest BCUT2D eigenvalue weighted by molar-refractivity contribution is -0.118. The van der Waals surface area contributed by atoms with E-state index < -0.39 is 11.6 Å². The second-order valence-corrected chi connectivity index (χ2v) is 9.86. The number of likely N-dealkylation sites (N-methyl/N-ethyl adjacent to an activating group) is 1. The molecule has 0 radical (unpaired) electrons. The molecule has 41 heavy (non-hydrogen) atoms. The molecule has 0 bridgehead atoms. The summed E-state index contributed by atoms with van der Waals surface area (Å²) in [5.74, 6) is -1.77. The average molecular weight is 568 g/mol. The van der Waals surface area contributed by atoms with Crippen LogP contribution in [0.1, 0.15) is 6.42 Å². The van der Waals surface area contributed by atoms with E-state index in [0.29, 0.717) is 42.9 Å². The van der Waals surface area contributed by atoms with Gasteiger partial charge in [-0.05, 0) is 26.6 Å². The number of nitrogens with one attached hydrogen (secondary N) is 2. The number of carbonyl (C=O) groups is 1. The number of benzene rings is 1. The normalized spacial score (nSPS) is 17.4. The SMILES string of the molecule is COc1cc(OC)c(F)c(-c2cc3cnc(N[C@H]4CCOC[C@H]4NC(=O)/C=C/CN(C)C)cc3n3ncnc23)c1F. The minimum atomic E-state index is -0.884. The van der Waals surface area contributed by atoms with Crippen LogP contribution < -0.4 is 20.1 Å². The number of amides is 1. The predicted octanol–water partition coefficient (Wildman–Crippen LogP) is 3.04. The first-order valence-electron chi connectivity index (χ1n) is 13.0. The second kappa shape index (κ2) is 12.0. The van der Waals surface area contributed by atoms with Crippen LogP contribution >= 0.6 is 0 Å². The van der Waals surface area contributed by atoms with Crippen LogP contribution in [0.15, 0.2) is 42.9 Å². The topological polar surface area (TPSA) is 115 Å². The summed E-state index contributed by atoms with van der Waals surface area (Å²) >= 11 is 0. The van der Waals surface area contributed by atoms with Crippen molar-refractivity contribution in [1.29, 1.82) is 0 Å². The third-order valence-corrected chi connectivity index (χ3v) is 6.83. The molecule has 1 saturated heterocycles. The lowest BCUT2D eigenvalue weighted by Gasteiger charge is -2.32. The molecule has 1 aromatic carbocycles. The van der Waals surface area contributed by atoms with Gasteiger partial charge in [0, 0.05) is 48.5 Å². The fourth-order valence-corrected chi connectivity index (χ4v) is 4.80. The summed E-state index contributed by atoms with van der Waals surface area (Å²) < 4.78 is 48.1. The summed E-state index contributed by atoms with van der Waals surface area (Å²) in [4.78, 5) is 23.2. The van der Waals surface area contributed by atoms with Crippen molar-refractivity contribution in [2.75, 3.05) is 53.4 Å². The number of aromatic nitrogens is 4. The summed E-state index contributed by atoms with van der Waals surface area (Å²) in [6.45, 7) is 1.54. The van der Waals surface area contributed by atoms with Gasteiger partial charge in [-0.2, -0.15) is 5.10 Å². The Hall–Kier alpha value is -4.36. The van der Waals surface area contributed by atoms with Gasteiger partial charge in [0.05, 0.1) is 44.0 Å². The van der Waals surface area contributed by atoms with Crippen molar-refractivity contribution in [3.63, 3.8) is 0 Å². The molecule has 0 saturated carbocycles. The van der Waals surface area contributed by atoms with Crippen LogP contribution in [0.4, 0.5) is 14.6 Å². The Bertz CT molecular complexity index is 1580. The number of nitrogens with zero attached hydrogens (tertiary/aromatic N) is 5. The number of hydrogen-bond acceptors (Lipinski definition) is 9. The van der Waals surface area contributed by atoms with E-state index in [0.717, 1.165) is 6.07 Å². The first-order chi connectivity index (χ1) is 19.8. The zero-order valence-electron chi connectivity index (χ0n) is 23.1. The molecule has 2 N–H and O–H groups in total. The quantitative estimate of drug-likeness (QED) is 0.295. The number of anilines is 1. The predicted molar refractivity (Wildman–Crippen MR) is 149 cm³/mol. The van der Waals surface area contributed by atoms with Gasteiger partial charge in [0.1, 0.15) is 12.1 Å². The Morgan fingerprint density at radius 1 is 1.15 bits per heavy atom. The highest BCUT2D eigenvalue weighted by Gasteiger charge is 2.28. The van der Waals surface area contributed by atoms with Crippen molar-refractivity contribution >= 4 is 28.3 Å². The molecule has 1 aliphatic rings. The fraction of sp³-hybridized carbons (Fsp3) is 0.357. The summed E-state index contributed by atoms with van der Waals surface area (Å²) in [6, 6.07) is 4.12. The van der Waals surface area contributed by atoms with E-state index in [4.69, 9.17) is 14.2 Å². The molecule has 0 spiro atoms. The van der Waals surface area contributed by atoms with Gasteiger partial charge in [0.15, 0.2) is 28.8 Å². The second-order valence-electron chi connectivity index (χ2n) is 9.86. The molecule has 4 aromatic rings. The Balaban J connectivity index is 1.47. The van der Waals surface area contributed by atoms with Gasteiger partial charge >= 0.3 is 0 Å². The number of halogens is 2. The lowest BCUT2D eigenvalue weighted by atomic mass is 10.0. The van der Waals surface area contributed by atoms with E-state index in [9.17, 15) is 4.79 Å². The third kappa shape index (κ3) is 5.77. The molecule has 11 nitrogen and oxygen atoms in total. The molecule has 2 atom stereocenters. The van der Waals surface area contributed by atoms with E-state index in [1.54, 1.807) is 24.4 Å². The minimum Gasteiger partial charge on any atom is -0.494 e. The summed E-state index contributed by atoms with van der Waals surface area (Å²) in [5, 5.41) is 11.3. The van der Waals surface area contributed by atoms with Gasteiger partial charge in [-0.3, -0.25) is 4.79 Å². The Kier molecular flexibility index (Phi) is 8.26. The minimum absolute atomic E-state index is 0.141. The first-order valence-corrected chi connectivity index (χ1v) is 13.0. The van der Waals surface area contributed by atoms with Crippen molar-refractivity contribution in [1.82, 2.24) is 29.8 Å². The molecular weight excluding hydrogens is 536 g/mol. The lowest BCUT2D eigenvalue weighted by Crippen LogP contribution is -2.52. The molecule has 216 valence electrons. The summed E-state index contributed by atoms with van der Waals surface area (Å²) in [5.41, 5.74) is 0.681. The molecule has 1 amide bonds. The van der Waals surface area contributed by atoms with E-state index >= 15 is 8.78 Å². The monoisotopic (exact) mass is 567 g/mol. The van der Waals surface area contributed by atoms with E-state index in [-0.39, 0.29) is 46.3 Å². The highest BCUT2D eigenvalue weighted by atomic mass is 19.1. The molecule has 5 rings (SSSR count). The zero-order chi connectivity index (χ0) is 29.1. The molecule has 1 aliphatic heterocycles. The maximum atomic E-state index is 15.4. The van der Waals surface area contributed by atoms with E-state index in [1.807, 2.05) is 19.0 Å². The van der Waals surface area contributed by atoms with Crippen LogP contribution in [0, 0.1) is 11.6 Å². The van der Waals surface area contributed by atoms with Crippen LogP contribution in [-0.4, -0.2) is 90.5 Å². The van der Waals surface area contributed by atoms with E-state index in [2.05, 4.69) is 25.7 Å². The summed E-state index contributed by atoms with van der Waals surface area (Å²) in [6.07, 6.45) is 6.87. The number of methoxy groups -OCH3 is 2. The Morgan fingerprint density at radius 2 is 1.90 bits per heavy atom.